The molecule has 1 aromatic carbocycles. The smallest absolute Gasteiger partial charge is 0.324 e. The van der Waals surface area contributed by atoms with Crippen LogP contribution >= 0.6 is 11.6 Å². The average Bonchev–Trinajstić information content (AvgIpc) is 2.72. The van der Waals surface area contributed by atoms with E-state index in [0.29, 0.717) is 18.1 Å². The molecule has 2 aliphatic rings. The molecule has 0 saturated carbocycles. The number of amides is 3. The van der Waals surface area contributed by atoms with E-state index in [9.17, 15) is 9.59 Å². The fourth-order valence-corrected chi connectivity index (χ4v) is 3.11. The van der Waals surface area contributed by atoms with Gasteiger partial charge >= 0.3 is 6.03 Å². The Balaban J connectivity index is 1.79. The zero-order valence-electron chi connectivity index (χ0n) is 12.5. The molecule has 0 atom stereocenters. The largest absolute Gasteiger partial charge is 0.373 e. The standard InChI is InChI=1S/C15H19ClN4O2/c1-18-5-2-6-19(13-9-11(16)3-4-12(13)18)7-8-20-14(21)10-17-15(20)22/h3-4,9H,2,5-8,10H2,1H3,(H,17,22). The number of rotatable bonds is 3. The van der Waals surface area contributed by atoms with Gasteiger partial charge in [0.2, 0.25) is 5.91 Å². The van der Waals surface area contributed by atoms with Crippen LogP contribution in [0.3, 0.4) is 0 Å². The summed E-state index contributed by atoms with van der Waals surface area (Å²) in [6.07, 6.45) is 1.02. The fourth-order valence-electron chi connectivity index (χ4n) is 2.95. The van der Waals surface area contributed by atoms with Gasteiger partial charge in [-0.1, -0.05) is 11.6 Å². The van der Waals surface area contributed by atoms with E-state index in [4.69, 9.17) is 11.6 Å². The van der Waals surface area contributed by atoms with E-state index in [1.54, 1.807) is 0 Å². The van der Waals surface area contributed by atoms with Gasteiger partial charge in [0.05, 0.1) is 17.9 Å². The number of urea groups is 1. The van der Waals surface area contributed by atoms with Gasteiger partial charge in [-0.05, 0) is 24.6 Å². The third-order valence-corrected chi connectivity index (χ3v) is 4.38. The Kier molecular flexibility index (Phi) is 4.11. The normalized spacial score (nSPS) is 18.4. The summed E-state index contributed by atoms with van der Waals surface area (Å²) in [5, 5.41) is 3.23. The number of carbonyl (C=O) groups excluding carboxylic acids is 2. The Labute approximate surface area is 134 Å². The fraction of sp³-hybridized carbons (Fsp3) is 0.467. The van der Waals surface area contributed by atoms with Crippen molar-refractivity contribution >= 4 is 34.9 Å². The molecule has 1 N–H and O–H groups in total. The maximum absolute atomic E-state index is 11.7. The topological polar surface area (TPSA) is 55.9 Å². The van der Waals surface area contributed by atoms with Gasteiger partial charge in [0.25, 0.3) is 0 Å². The van der Waals surface area contributed by atoms with E-state index in [2.05, 4.69) is 22.2 Å². The average molecular weight is 323 g/mol. The number of imide groups is 1. The highest BCUT2D eigenvalue weighted by atomic mass is 35.5. The Bertz CT molecular complexity index is 591. The van der Waals surface area contributed by atoms with Crippen molar-refractivity contribution in [1.82, 2.24) is 10.2 Å². The molecule has 6 nitrogen and oxygen atoms in total. The molecule has 0 aromatic heterocycles. The highest BCUT2D eigenvalue weighted by Crippen LogP contribution is 2.33. The first-order chi connectivity index (χ1) is 10.6. The highest BCUT2D eigenvalue weighted by molar-refractivity contribution is 6.31. The number of carbonyl (C=O) groups is 2. The van der Waals surface area contributed by atoms with Crippen molar-refractivity contribution in [3.8, 4) is 0 Å². The molecule has 2 aliphatic heterocycles. The number of fused-ring (bicyclic) bond motifs is 1. The van der Waals surface area contributed by atoms with Gasteiger partial charge < -0.3 is 15.1 Å². The predicted molar refractivity (Wildman–Crippen MR) is 86.7 cm³/mol. The lowest BCUT2D eigenvalue weighted by molar-refractivity contribution is -0.124. The molecule has 2 heterocycles. The second-order valence-corrected chi connectivity index (χ2v) is 6.04. The van der Waals surface area contributed by atoms with Gasteiger partial charge in [-0.2, -0.15) is 0 Å². The van der Waals surface area contributed by atoms with Crippen molar-refractivity contribution < 1.29 is 9.59 Å². The monoisotopic (exact) mass is 322 g/mol. The highest BCUT2D eigenvalue weighted by Gasteiger charge is 2.29. The van der Waals surface area contributed by atoms with Crippen LogP contribution in [0.4, 0.5) is 16.2 Å². The third-order valence-electron chi connectivity index (χ3n) is 4.14. The van der Waals surface area contributed by atoms with E-state index in [-0.39, 0.29) is 18.5 Å². The molecule has 7 heteroatoms. The van der Waals surface area contributed by atoms with E-state index in [1.165, 1.54) is 4.90 Å². The Morgan fingerprint density at radius 2 is 2.00 bits per heavy atom. The first-order valence-electron chi connectivity index (χ1n) is 7.40. The van der Waals surface area contributed by atoms with Crippen LogP contribution in [0.25, 0.3) is 0 Å². The molecule has 3 rings (SSSR count). The lowest BCUT2D eigenvalue weighted by atomic mass is 10.2. The molecule has 1 saturated heterocycles. The molecule has 22 heavy (non-hydrogen) atoms. The Morgan fingerprint density at radius 3 is 2.73 bits per heavy atom. The van der Waals surface area contributed by atoms with Crippen LogP contribution in [0.5, 0.6) is 0 Å². The lowest BCUT2D eigenvalue weighted by Crippen LogP contribution is -2.39. The molecule has 3 amide bonds. The summed E-state index contributed by atoms with van der Waals surface area (Å²) in [7, 11) is 2.06. The van der Waals surface area contributed by atoms with Gasteiger partial charge in [0, 0.05) is 38.2 Å². The van der Waals surface area contributed by atoms with Crippen LogP contribution in [0, 0.1) is 0 Å². The molecule has 0 spiro atoms. The molecule has 0 radical (unpaired) electrons. The summed E-state index contributed by atoms with van der Waals surface area (Å²) in [5.41, 5.74) is 2.18. The summed E-state index contributed by atoms with van der Waals surface area (Å²) in [5.74, 6) is -0.164. The van der Waals surface area contributed by atoms with Crippen molar-refractivity contribution in [1.29, 1.82) is 0 Å². The van der Waals surface area contributed by atoms with Crippen LogP contribution in [0.15, 0.2) is 18.2 Å². The number of halogens is 1. The van der Waals surface area contributed by atoms with E-state index < -0.39 is 0 Å². The molecule has 1 fully saturated rings. The van der Waals surface area contributed by atoms with E-state index >= 15 is 0 Å². The van der Waals surface area contributed by atoms with Gasteiger partial charge in [0.1, 0.15) is 0 Å². The van der Waals surface area contributed by atoms with Gasteiger partial charge in [-0.3, -0.25) is 9.69 Å². The zero-order valence-corrected chi connectivity index (χ0v) is 13.3. The number of nitrogens with one attached hydrogen (secondary N) is 1. The second kappa shape index (κ2) is 6.04. The van der Waals surface area contributed by atoms with Crippen molar-refractivity contribution in [3.05, 3.63) is 23.2 Å². The second-order valence-electron chi connectivity index (χ2n) is 5.60. The predicted octanol–water partition coefficient (Wildman–Crippen LogP) is 1.54. The van der Waals surface area contributed by atoms with Gasteiger partial charge in [-0.15, -0.1) is 0 Å². The lowest BCUT2D eigenvalue weighted by Gasteiger charge is -2.27. The summed E-state index contributed by atoms with van der Waals surface area (Å²) >= 11 is 6.14. The minimum Gasteiger partial charge on any atom is -0.373 e. The Hall–Kier alpha value is -1.95. The molecule has 0 bridgehead atoms. The molecular weight excluding hydrogens is 304 g/mol. The van der Waals surface area contributed by atoms with Crippen molar-refractivity contribution in [2.24, 2.45) is 0 Å². The summed E-state index contributed by atoms with van der Waals surface area (Å²) in [6, 6.07) is 5.55. The van der Waals surface area contributed by atoms with E-state index in [1.807, 2.05) is 18.2 Å². The Morgan fingerprint density at radius 1 is 1.18 bits per heavy atom. The van der Waals surface area contributed by atoms with Crippen LogP contribution in [-0.2, 0) is 4.79 Å². The molecule has 0 unspecified atom stereocenters. The molecule has 118 valence electrons. The van der Waals surface area contributed by atoms with E-state index in [0.717, 1.165) is 30.9 Å². The first-order valence-corrected chi connectivity index (χ1v) is 7.78. The van der Waals surface area contributed by atoms with Crippen molar-refractivity contribution in [2.75, 3.05) is 49.6 Å². The van der Waals surface area contributed by atoms with Crippen molar-refractivity contribution in [2.45, 2.75) is 6.42 Å². The number of anilines is 2. The first kappa shape index (κ1) is 15.0. The number of nitrogens with zero attached hydrogens (tertiary/aromatic N) is 3. The van der Waals surface area contributed by atoms with Crippen LogP contribution in [0.2, 0.25) is 5.02 Å². The van der Waals surface area contributed by atoms with Crippen LogP contribution < -0.4 is 15.1 Å². The minimum absolute atomic E-state index is 0.101. The maximum atomic E-state index is 11.7. The molecular formula is C15H19ClN4O2. The summed E-state index contributed by atoms with van der Waals surface area (Å²) < 4.78 is 0. The maximum Gasteiger partial charge on any atom is 0.324 e. The summed E-state index contributed by atoms with van der Waals surface area (Å²) in [6.45, 7) is 2.94. The van der Waals surface area contributed by atoms with Gasteiger partial charge in [-0.25, -0.2) is 4.79 Å². The number of hydrogen-bond acceptors (Lipinski definition) is 4. The molecule has 0 aliphatic carbocycles. The van der Waals surface area contributed by atoms with Gasteiger partial charge in [0.15, 0.2) is 0 Å². The summed E-state index contributed by atoms with van der Waals surface area (Å²) in [4.78, 5) is 29.0. The number of benzene rings is 1. The number of hydrogen-bond donors (Lipinski definition) is 1. The van der Waals surface area contributed by atoms with Crippen LogP contribution in [0.1, 0.15) is 6.42 Å². The quantitative estimate of drug-likeness (QED) is 0.858. The third kappa shape index (κ3) is 2.83. The van der Waals surface area contributed by atoms with Crippen LogP contribution in [-0.4, -0.2) is 56.6 Å². The van der Waals surface area contributed by atoms with Crippen molar-refractivity contribution in [3.63, 3.8) is 0 Å². The minimum atomic E-state index is -0.303. The molecule has 1 aromatic rings. The SMILES string of the molecule is CN1CCCN(CCN2C(=O)CNC2=O)c2cc(Cl)ccc21. The zero-order chi connectivity index (χ0) is 15.7.